The topological polar surface area (TPSA) is 0 Å². The lowest BCUT2D eigenvalue weighted by molar-refractivity contribution is 0.886. The number of hydrogen-bond acceptors (Lipinski definition) is 0. The molecule has 0 spiro atoms. The van der Waals surface area contributed by atoms with E-state index in [2.05, 4.69) is 64.1 Å². The molecule has 2 aromatic carbocycles. The molecule has 2 aromatic rings. The lowest BCUT2D eigenvalue weighted by Crippen LogP contribution is -1.92. The highest BCUT2D eigenvalue weighted by atomic mass is 14.2. The summed E-state index contributed by atoms with van der Waals surface area (Å²) in [4.78, 5) is 0. The number of hydrogen-bond donors (Lipinski definition) is 0. The van der Waals surface area contributed by atoms with Gasteiger partial charge in [-0.3, -0.25) is 0 Å². The van der Waals surface area contributed by atoms with Crippen LogP contribution in [-0.2, 0) is 6.42 Å². The van der Waals surface area contributed by atoms with Crippen molar-refractivity contribution >= 4 is 6.08 Å². The predicted molar refractivity (Wildman–Crippen MR) is 92.7 cm³/mol. The van der Waals surface area contributed by atoms with Gasteiger partial charge in [-0.15, -0.1) is 0 Å². The van der Waals surface area contributed by atoms with Gasteiger partial charge >= 0.3 is 0 Å². The molecular formula is C21H24. The second-order valence-corrected chi connectivity index (χ2v) is 6.44. The standard InChI is InChI=1S/C21H24/c1-5-6-17-12-18-8-7-16(4)21(20(18)13-17)19-10-14(2)9-15(3)11-19/h7-11,13H,5-6,12H2,1-4H3. The summed E-state index contributed by atoms with van der Waals surface area (Å²) in [7, 11) is 0. The molecule has 0 aromatic heterocycles. The van der Waals surface area contributed by atoms with Crippen molar-refractivity contribution in [3.63, 3.8) is 0 Å². The van der Waals surface area contributed by atoms with Crippen LogP contribution in [0.1, 0.15) is 47.6 Å². The van der Waals surface area contributed by atoms with Gasteiger partial charge in [-0.1, -0.05) is 66.5 Å². The van der Waals surface area contributed by atoms with Crippen molar-refractivity contribution in [2.45, 2.75) is 47.0 Å². The number of fused-ring (bicyclic) bond motifs is 1. The summed E-state index contributed by atoms with van der Waals surface area (Å²) in [6.07, 6.45) is 6.04. The van der Waals surface area contributed by atoms with E-state index in [-0.39, 0.29) is 0 Å². The molecule has 0 N–H and O–H groups in total. The highest BCUT2D eigenvalue weighted by Crippen LogP contribution is 2.38. The van der Waals surface area contributed by atoms with Crippen molar-refractivity contribution in [2.75, 3.05) is 0 Å². The van der Waals surface area contributed by atoms with Crippen LogP contribution in [0.15, 0.2) is 35.9 Å². The molecule has 0 heterocycles. The first-order chi connectivity index (χ1) is 10.1. The van der Waals surface area contributed by atoms with Gasteiger partial charge in [0.15, 0.2) is 0 Å². The van der Waals surface area contributed by atoms with Gasteiger partial charge in [0, 0.05) is 0 Å². The van der Waals surface area contributed by atoms with Crippen LogP contribution >= 0.6 is 0 Å². The van der Waals surface area contributed by atoms with E-state index >= 15 is 0 Å². The summed E-state index contributed by atoms with van der Waals surface area (Å²) in [6.45, 7) is 8.87. The van der Waals surface area contributed by atoms with Crippen LogP contribution in [0.4, 0.5) is 0 Å². The van der Waals surface area contributed by atoms with Crippen molar-refractivity contribution in [1.82, 2.24) is 0 Å². The van der Waals surface area contributed by atoms with Crippen LogP contribution in [0, 0.1) is 20.8 Å². The van der Waals surface area contributed by atoms with E-state index in [1.165, 1.54) is 51.8 Å². The summed E-state index contributed by atoms with van der Waals surface area (Å²) >= 11 is 0. The Labute approximate surface area is 128 Å². The summed E-state index contributed by atoms with van der Waals surface area (Å²) in [5.74, 6) is 0. The van der Waals surface area contributed by atoms with E-state index in [4.69, 9.17) is 0 Å². The normalized spacial score (nSPS) is 13.2. The third-order valence-electron chi connectivity index (χ3n) is 4.39. The van der Waals surface area contributed by atoms with Crippen LogP contribution in [0.3, 0.4) is 0 Å². The summed E-state index contributed by atoms with van der Waals surface area (Å²) < 4.78 is 0. The lowest BCUT2D eigenvalue weighted by Gasteiger charge is -2.13. The lowest BCUT2D eigenvalue weighted by atomic mass is 9.91. The van der Waals surface area contributed by atoms with E-state index in [0.717, 1.165) is 6.42 Å². The quantitative estimate of drug-likeness (QED) is 0.643. The van der Waals surface area contributed by atoms with Gasteiger partial charge < -0.3 is 0 Å². The minimum atomic E-state index is 1.14. The van der Waals surface area contributed by atoms with Crippen LogP contribution in [0.2, 0.25) is 0 Å². The third-order valence-corrected chi connectivity index (χ3v) is 4.39. The molecule has 0 fully saturated rings. The summed E-state index contributed by atoms with van der Waals surface area (Å²) in [6, 6.07) is 11.5. The van der Waals surface area contributed by atoms with Gasteiger partial charge in [0.25, 0.3) is 0 Å². The molecule has 108 valence electrons. The van der Waals surface area contributed by atoms with Gasteiger partial charge in [0.05, 0.1) is 0 Å². The third kappa shape index (κ3) is 2.68. The van der Waals surface area contributed by atoms with Gasteiger partial charge in [-0.05, 0) is 61.4 Å². The predicted octanol–water partition coefficient (Wildman–Crippen LogP) is 6.02. The highest BCUT2D eigenvalue weighted by molar-refractivity contribution is 5.83. The Bertz CT molecular complexity index is 697. The molecule has 0 nitrogen and oxygen atoms in total. The summed E-state index contributed by atoms with van der Waals surface area (Å²) in [5.41, 5.74) is 11.4. The monoisotopic (exact) mass is 276 g/mol. The van der Waals surface area contributed by atoms with Gasteiger partial charge in [-0.25, -0.2) is 0 Å². The van der Waals surface area contributed by atoms with Crippen LogP contribution in [0.5, 0.6) is 0 Å². The van der Waals surface area contributed by atoms with Gasteiger partial charge in [-0.2, -0.15) is 0 Å². The second kappa shape index (κ2) is 5.52. The molecule has 0 saturated heterocycles. The Balaban J connectivity index is 2.17. The molecule has 0 heteroatoms. The maximum atomic E-state index is 2.44. The first-order valence-electron chi connectivity index (χ1n) is 7.99. The zero-order chi connectivity index (χ0) is 15.0. The van der Waals surface area contributed by atoms with E-state index in [1.54, 1.807) is 5.57 Å². The van der Waals surface area contributed by atoms with Crippen LogP contribution in [-0.4, -0.2) is 0 Å². The Morgan fingerprint density at radius 2 is 1.67 bits per heavy atom. The van der Waals surface area contributed by atoms with Crippen molar-refractivity contribution in [3.05, 3.63) is 63.7 Å². The average molecular weight is 276 g/mol. The smallest absolute Gasteiger partial charge is 0.00576 e. The molecule has 3 rings (SSSR count). The second-order valence-electron chi connectivity index (χ2n) is 6.44. The Kier molecular flexibility index (Phi) is 3.71. The van der Waals surface area contributed by atoms with Gasteiger partial charge in [0.1, 0.15) is 0 Å². The van der Waals surface area contributed by atoms with Gasteiger partial charge in [0.2, 0.25) is 0 Å². The molecule has 0 atom stereocenters. The molecule has 0 amide bonds. The fourth-order valence-corrected chi connectivity index (χ4v) is 3.57. The number of aryl methyl sites for hydroxylation is 3. The van der Waals surface area contributed by atoms with E-state index in [9.17, 15) is 0 Å². The van der Waals surface area contributed by atoms with E-state index in [1.807, 2.05) is 0 Å². The first-order valence-corrected chi connectivity index (χ1v) is 7.99. The number of rotatable bonds is 3. The fourth-order valence-electron chi connectivity index (χ4n) is 3.57. The molecule has 0 bridgehead atoms. The Hall–Kier alpha value is -1.82. The molecule has 21 heavy (non-hydrogen) atoms. The molecule has 0 radical (unpaired) electrons. The van der Waals surface area contributed by atoms with Crippen LogP contribution < -0.4 is 0 Å². The summed E-state index contributed by atoms with van der Waals surface area (Å²) in [5, 5.41) is 0. The zero-order valence-electron chi connectivity index (χ0n) is 13.6. The van der Waals surface area contributed by atoms with Crippen molar-refractivity contribution in [1.29, 1.82) is 0 Å². The maximum Gasteiger partial charge on any atom is -0.00576 e. The van der Waals surface area contributed by atoms with E-state index < -0.39 is 0 Å². The molecule has 0 unspecified atom stereocenters. The molecule has 0 aliphatic heterocycles. The SMILES string of the molecule is CCCC1=Cc2c(ccc(C)c2-c2cc(C)cc(C)c2)C1. The fraction of sp³-hybridized carbons (Fsp3) is 0.333. The van der Waals surface area contributed by atoms with Crippen molar-refractivity contribution < 1.29 is 0 Å². The van der Waals surface area contributed by atoms with E-state index in [0.29, 0.717) is 0 Å². The van der Waals surface area contributed by atoms with Crippen molar-refractivity contribution in [3.8, 4) is 11.1 Å². The molecule has 1 aliphatic rings. The molecule has 0 saturated carbocycles. The average Bonchev–Trinajstić information content (AvgIpc) is 2.80. The Morgan fingerprint density at radius 1 is 0.952 bits per heavy atom. The minimum Gasteiger partial charge on any atom is -0.0652 e. The largest absolute Gasteiger partial charge is 0.0652 e. The zero-order valence-corrected chi connectivity index (χ0v) is 13.6. The Morgan fingerprint density at radius 3 is 2.33 bits per heavy atom. The van der Waals surface area contributed by atoms with Crippen LogP contribution in [0.25, 0.3) is 17.2 Å². The van der Waals surface area contributed by atoms with Crippen molar-refractivity contribution in [2.24, 2.45) is 0 Å². The molecular weight excluding hydrogens is 252 g/mol. The highest BCUT2D eigenvalue weighted by Gasteiger charge is 2.18. The number of allylic oxidation sites excluding steroid dienone is 1. The molecule has 1 aliphatic carbocycles. The number of benzene rings is 2. The maximum absolute atomic E-state index is 2.44. The first kappa shape index (κ1) is 14.1. The minimum absolute atomic E-state index is 1.14.